The number of ether oxygens (including phenoxy) is 1. The van der Waals surface area contributed by atoms with Crippen LogP contribution in [0.2, 0.25) is 0 Å². The molecule has 0 bridgehead atoms. The van der Waals surface area contributed by atoms with Crippen LogP contribution in [0.15, 0.2) is 47.2 Å². The standard InChI is InChI=1S/C17H19N3O2S/c23-17-19-15(13-6-1-2-8-18-13)16(14-7-4-10-22-14)20(17)11-12-5-3-9-21-12/h1-2,4,6-8,10,12,15-16H,3,5,9,11H2,(H,19,23)/t12-,15-,16+/m1/s1. The highest BCUT2D eigenvalue weighted by Gasteiger charge is 2.42. The Balaban J connectivity index is 1.66. The first-order valence-electron chi connectivity index (χ1n) is 7.96. The van der Waals surface area contributed by atoms with Crippen LogP contribution in [0.25, 0.3) is 0 Å². The van der Waals surface area contributed by atoms with E-state index < -0.39 is 0 Å². The van der Waals surface area contributed by atoms with E-state index in [0.717, 1.165) is 42.6 Å². The normalized spacial score (nSPS) is 27.4. The number of thiocarbonyl (C=S) groups is 1. The molecule has 23 heavy (non-hydrogen) atoms. The molecule has 5 nitrogen and oxygen atoms in total. The van der Waals surface area contributed by atoms with Crippen molar-refractivity contribution in [1.29, 1.82) is 0 Å². The number of hydrogen-bond acceptors (Lipinski definition) is 4. The van der Waals surface area contributed by atoms with Crippen molar-refractivity contribution in [2.45, 2.75) is 31.0 Å². The van der Waals surface area contributed by atoms with E-state index in [9.17, 15) is 0 Å². The number of nitrogens with one attached hydrogen (secondary N) is 1. The van der Waals surface area contributed by atoms with E-state index in [0.29, 0.717) is 0 Å². The SMILES string of the molecule is S=C1N[C@H](c2ccccn2)[C@H](c2ccco2)N1C[C@H]1CCCO1. The smallest absolute Gasteiger partial charge is 0.170 e. The highest BCUT2D eigenvalue weighted by Crippen LogP contribution is 2.39. The Morgan fingerprint density at radius 2 is 2.26 bits per heavy atom. The third-order valence-electron chi connectivity index (χ3n) is 4.46. The Bertz CT molecular complexity index is 656. The minimum absolute atomic E-state index is 0.00315. The Morgan fingerprint density at radius 3 is 2.96 bits per heavy atom. The Kier molecular flexibility index (Phi) is 4.01. The molecule has 4 heterocycles. The van der Waals surface area contributed by atoms with Crippen LogP contribution in [0.4, 0.5) is 0 Å². The van der Waals surface area contributed by atoms with Crippen LogP contribution in [0.1, 0.15) is 36.4 Å². The van der Waals surface area contributed by atoms with E-state index in [1.807, 2.05) is 36.5 Å². The van der Waals surface area contributed by atoms with Crippen molar-refractivity contribution in [3.8, 4) is 0 Å². The molecular formula is C17H19N3O2S. The molecule has 0 radical (unpaired) electrons. The Morgan fingerprint density at radius 1 is 1.30 bits per heavy atom. The van der Waals surface area contributed by atoms with E-state index in [1.165, 1.54) is 0 Å². The van der Waals surface area contributed by atoms with Gasteiger partial charge < -0.3 is 19.4 Å². The zero-order valence-corrected chi connectivity index (χ0v) is 13.5. The predicted molar refractivity (Wildman–Crippen MR) is 89.8 cm³/mol. The molecule has 4 rings (SSSR count). The molecule has 3 atom stereocenters. The summed E-state index contributed by atoms with van der Waals surface area (Å²) in [6.45, 7) is 1.62. The molecule has 0 amide bonds. The van der Waals surface area contributed by atoms with Gasteiger partial charge >= 0.3 is 0 Å². The van der Waals surface area contributed by atoms with Gasteiger partial charge in [-0.2, -0.15) is 0 Å². The monoisotopic (exact) mass is 329 g/mol. The average Bonchev–Trinajstić information content (AvgIpc) is 3.31. The number of aromatic nitrogens is 1. The molecule has 6 heteroatoms. The summed E-state index contributed by atoms with van der Waals surface area (Å²) < 4.78 is 11.5. The Hall–Kier alpha value is -1.92. The number of furan rings is 1. The molecule has 0 unspecified atom stereocenters. The van der Waals surface area contributed by atoms with E-state index in [1.54, 1.807) is 6.26 Å². The van der Waals surface area contributed by atoms with Gasteiger partial charge in [0.1, 0.15) is 11.8 Å². The minimum Gasteiger partial charge on any atom is -0.467 e. The molecule has 2 aliphatic rings. The van der Waals surface area contributed by atoms with Crippen LogP contribution in [0.5, 0.6) is 0 Å². The molecule has 2 fully saturated rings. The lowest BCUT2D eigenvalue weighted by atomic mass is 10.0. The topological polar surface area (TPSA) is 50.5 Å². The van der Waals surface area contributed by atoms with Gasteiger partial charge in [0, 0.05) is 19.3 Å². The van der Waals surface area contributed by atoms with Crippen molar-refractivity contribution in [2.75, 3.05) is 13.2 Å². The van der Waals surface area contributed by atoms with Crippen LogP contribution < -0.4 is 5.32 Å². The van der Waals surface area contributed by atoms with Crippen LogP contribution in [-0.4, -0.2) is 34.3 Å². The molecule has 2 aliphatic heterocycles. The maximum atomic E-state index is 5.79. The van der Waals surface area contributed by atoms with Crippen molar-refractivity contribution in [1.82, 2.24) is 15.2 Å². The summed E-state index contributed by atoms with van der Waals surface area (Å²) in [6.07, 6.45) is 5.94. The van der Waals surface area contributed by atoms with Gasteiger partial charge in [-0.15, -0.1) is 0 Å². The van der Waals surface area contributed by atoms with Gasteiger partial charge in [-0.25, -0.2) is 0 Å². The second-order valence-corrected chi connectivity index (χ2v) is 6.32. The molecule has 0 aliphatic carbocycles. The summed E-state index contributed by atoms with van der Waals surface area (Å²) in [5.74, 6) is 0.894. The van der Waals surface area contributed by atoms with Crippen LogP contribution in [0, 0.1) is 0 Å². The second-order valence-electron chi connectivity index (χ2n) is 5.93. The highest BCUT2D eigenvalue weighted by molar-refractivity contribution is 7.80. The summed E-state index contributed by atoms with van der Waals surface area (Å²) in [6, 6.07) is 9.83. The number of pyridine rings is 1. The second kappa shape index (κ2) is 6.29. The lowest BCUT2D eigenvalue weighted by molar-refractivity contribution is 0.0817. The van der Waals surface area contributed by atoms with Gasteiger partial charge in [-0.1, -0.05) is 6.07 Å². The first-order valence-corrected chi connectivity index (χ1v) is 8.37. The molecule has 0 saturated carbocycles. The molecule has 0 aromatic carbocycles. The van der Waals surface area contributed by atoms with Crippen LogP contribution in [0.3, 0.4) is 0 Å². The lowest BCUT2D eigenvalue weighted by Gasteiger charge is -2.28. The lowest BCUT2D eigenvalue weighted by Crippen LogP contribution is -2.36. The van der Waals surface area contributed by atoms with Gasteiger partial charge in [-0.05, 0) is 49.3 Å². The van der Waals surface area contributed by atoms with Gasteiger partial charge in [-0.3, -0.25) is 4.98 Å². The third kappa shape index (κ3) is 2.84. The number of rotatable bonds is 4. The highest BCUT2D eigenvalue weighted by atomic mass is 32.1. The summed E-state index contributed by atoms with van der Waals surface area (Å²) >= 11 is 5.59. The quantitative estimate of drug-likeness (QED) is 0.871. The molecule has 2 aromatic rings. The Labute approximate surface area is 140 Å². The molecule has 120 valence electrons. The number of nitrogens with zero attached hydrogens (tertiary/aromatic N) is 2. The fraction of sp³-hybridized carbons (Fsp3) is 0.412. The fourth-order valence-electron chi connectivity index (χ4n) is 3.38. The van der Waals surface area contributed by atoms with E-state index >= 15 is 0 Å². The van der Waals surface area contributed by atoms with Crippen molar-refractivity contribution in [3.05, 3.63) is 54.2 Å². The predicted octanol–water partition coefficient (Wildman–Crippen LogP) is 2.83. The average molecular weight is 329 g/mol. The largest absolute Gasteiger partial charge is 0.467 e. The zero-order valence-electron chi connectivity index (χ0n) is 12.7. The molecule has 2 aromatic heterocycles. The van der Waals surface area contributed by atoms with Gasteiger partial charge in [0.05, 0.1) is 24.1 Å². The summed E-state index contributed by atoms with van der Waals surface area (Å²) in [5.41, 5.74) is 0.964. The molecule has 2 saturated heterocycles. The first kappa shape index (κ1) is 14.7. The van der Waals surface area contributed by atoms with E-state index in [4.69, 9.17) is 21.4 Å². The molecule has 0 spiro atoms. The van der Waals surface area contributed by atoms with Crippen LogP contribution in [-0.2, 0) is 4.74 Å². The van der Waals surface area contributed by atoms with Crippen LogP contribution >= 0.6 is 12.2 Å². The van der Waals surface area contributed by atoms with Crippen molar-refractivity contribution in [2.24, 2.45) is 0 Å². The maximum absolute atomic E-state index is 5.79. The molecule has 1 N–H and O–H groups in total. The third-order valence-corrected chi connectivity index (χ3v) is 4.81. The van der Waals surface area contributed by atoms with Gasteiger partial charge in [0.15, 0.2) is 5.11 Å². The van der Waals surface area contributed by atoms with Crippen molar-refractivity contribution >= 4 is 17.3 Å². The molecular weight excluding hydrogens is 310 g/mol. The van der Waals surface area contributed by atoms with Crippen molar-refractivity contribution < 1.29 is 9.15 Å². The summed E-state index contributed by atoms with van der Waals surface area (Å²) in [5, 5.41) is 4.15. The van der Waals surface area contributed by atoms with Gasteiger partial charge in [0.25, 0.3) is 0 Å². The first-order chi connectivity index (χ1) is 11.3. The van der Waals surface area contributed by atoms with Crippen molar-refractivity contribution in [3.63, 3.8) is 0 Å². The van der Waals surface area contributed by atoms with E-state index in [-0.39, 0.29) is 18.2 Å². The maximum Gasteiger partial charge on any atom is 0.170 e. The minimum atomic E-state index is -0.0174. The van der Waals surface area contributed by atoms with E-state index in [2.05, 4.69) is 15.2 Å². The number of hydrogen-bond donors (Lipinski definition) is 1. The zero-order chi connectivity index (χ0) is 15.6. The van der Waals surface area contributed by atoms with Gasteiger partial charge in [0.2, 0.25) is 0 Å². The summed E-state index contributed by atoms with van der Waals surface area (Å²) in [4.78, 5) is 6.68. The summed E-state index contributed by atoms with van der Waals surface area (Å²) in [7, 11) is 0. The fourth-order valence-corrected chi connectivity index (χ4v) is 3.69.